The zero-order valence-corrected chi connectivity index (χ0v) is 19.1. The van der Waals surface area contributed by atoms with E-state index in [1.54, 1.807) is 30.2 Å². The van der Waals surface area contributed by atoms with Crippen LogP contribution in [0.15, 0.2) is 30.5 Å². The van der Waals surface area contributed by atoms with Gasteiger partial charge in [-0.05, 0) is 55.5 Å². The lowest BCUT2D eigenvalue weighted by Crippen LogP contribution is -2.37. The SMILES string of the molecule is C[C@H](O)CC(=O)N1CCc2cnc(C(=O)Nc3cccc(-c4nnc5n4CCCC5)n3)cc2C1. The van der Waals surface area contributed by atoms with Crippen LogP contribution >= 0.6 is 0 Å². The number of carbonyl (C=O) groups is 2. The summed E-state index contributed by atoms with van der Waals surface area (Å²) in [6.07, 6.45) is 4.89. The zero-order chi connectivity index (χ0) is 23.7. The Hall–Kier alpha value is -3.66. The number of hydrogen-bond acceptors (Lipinski definition) is 7. The molecule has 2 aliphatic heterocycles. The summed E-state index contributed by atoms with van der Waals surface area (Å²) in [6, 6.07) is 7.14. The van der Waals surface area contributed by atoms with E-state index >= 15 is 0 Å². The van der Waals surface area contributed by atoms with Gasteiger partial charge in [0, 0.05) is 32.3 Å². The molecule has 5 rings (SSSR count). The third kappa shape index (κ3) is 4.54. The van der Waals surface area contributed by atoms with Crippen LogP contribution < -0.4 is 5.32 Å². The average Bonchev–Trinajstić information content (AvgIpc) is 3.27. The second kappa shape index (κ2) is 9.30. The van der Waals surface area contributed by atoms with Gasteiger partial charge in [-0.2, -0.15) is 0 Å². The van der Waals surface area contributed by atoms with Crippen LogP contribution in [0.2, 0.25) is 0 Å². The number of nitrogens with zero attached hydrogens (tertiary/aromatic N) is 6. The number of anilines is 1. The summed E-state index contributed by atoms with van der Waals surface area (Å²) in [6.45, 7) is 3.44. The fourth-order valence-corrected chi connectivity index (χ4v) is 4.46. The molecule has 0 bridgehead atoms. The predicted octanol–water partition coefficient (Wildman–Crippen LogP) is 1.98. The molecule has 3 aromatic rings. The van der Waals surface area contributed by atoms with Crippen molar-refractivity contribution in [2.45, 2.75) is 58.2 Å². The number of aliphatic hydroxyl groups is 1. The summed E-state index contributed by atoms with van der Waals surface area (Å²) in [5.41, 5.74) is 2.83. The van der Waals surface area contributed by atoms with Crippen molar-refractivity contribution in [3.63, 3.8) is 0 Å². The Morgan fingerprint density at radius 3 is 2.88 bits per heavy atom. The van der Waals surface area contributed by atoms with Gasteiger partial charge < -0.3 is 19.9 Å². The van der Waals surface area contributed by atoms with Crippen LogP contribution in [0.5, 0.6) is 0 Å². The van der Waals surface area contributed by atoms with Gasteiger partial charge in [0.2, 0.25) is 5.91 Å². The molecule has 1 atom stereocenters. The lowest BCUT2D eigenvalue weighted by atomic mass is 10.0. The number of aliphatic hydroxyl groups excluding tert-OH is 1. The Balaban J connectivity index is 1.31. The Morgan fingerprint density at radius 2 is 2.03 bits per heavy atom. The lowest BCUT2D eigenvalue weighted by molar-refractivity contribution is -0.133. The molecule has 0 saturated heterocycles. The molecule has 2 N–H and O–H groups in total. The second-order valence-corrected chi connectivity index (χ2v) is 8.87. The maximum Gasteiger partial charge on any atom is 0.275 e. The third-order valence-electron chi connectivity index (χ3n) is 6.23. The van der Waals surface area contributed by atoms with E-state index in [4.69, 9.17) is 0 Å². The summed E-state index contributed by atoms with van der Waals surface area (Å²) in [4.78, 5) is 35.9. The topological polar surface area (TPSA) is 126 Å². The Bertz CT molecular complexity index is 1240. The zero-order valence-electron chi connectivity index (χ0n) is 19.1. The second-order valence-electron chi connectivity index (χ2n) is 8.87. The summed E-state index contributed by atoms with van der Waals surface area (Å²) < 4.78 is 2.09. The minimum Gasteiger partial charge on any atom is -0.393 e. The van der Waals surface area contributed by atoms with E-state index in [9.17, 15) is 14.7 Å². The van der Waals surface area contributed by atoms with Crippen LogP contribution in [0, 0.1) is 0 Å². The summed E-state index contributed by atoms with van der Waals surface area (Å²) in [5.74, 6) is 1.61. The van der Waals surface area contributed by atoms with Gasteiger partial charge in [-0.1, -0.05) is 6.07 Å². The maximum atomic E-state index is 12.9. The molecular formula is C24H27N7O3. The number of aromatic nitrogens is 5. The van der Waals surface area contributed by atoms with Gasteiger partial charge in [-0.15, -0.1) is 10.2 Å². The van der Waals surface area contributed by atoms with Crippen LogP contribution in [-0.2, 0) is 30.7 Å². The summed E-state index contributed by atoms with van der Waals surface area (Å²) in [5, 5.41) is 20.9. The van der Waals surface area contributed by atoms with Crippen LogP contribution in [0.25, 0.3) is 11.5 Å². The summed E-state index contributed by atoms with van der Waals surface area (Å²) >= 11 is 0. The molecule has 0 spiro atoms. The molecule has 10 heteroatoms. The van der Waals surface area contributed by atoms with Crippen molar-refractivity contribution in [2.24, 2.45) is 0 Å². The van der Waals surface area contributed by atoms with E-state index in [0.717, 1.165) is 42.8 Å². The number of rotatable bonds is 5. The fourth-order valence-electron chi connectivity index (χ4n) is 4.46. The number of aryl methyl sites for hydroxylation is 1. The van der Waals surface area contributed by atoms with E-state index in [1.165, 1.54) is 0 Å². The largest absolute Gasteiger partial charge is 0.393 e. The van der Waals surface area contributed by atoms with Crippen LogP contribution in [0.3, 0.4) is 0 Å². The van der Waals surface area contributed by atoms with Crippen molar-refractivity contribution < 1.29 is 14.7 Å². The molecule has 0 saturated carbocycles. The van der Waals surface area contributed by atoms with Gasteiger partial charge in [0.1, 0.15) is 23.0 Å². The van der Waals surface area contributed by atoms with Gasteiger partial charge in [0.25, 0.3) is 5.91 Å². The number of carbonyl (C=O) groups excluding carboxylic acids is 2. The molecule has 0 radical (unpaired) electrons. The van der Waals surface area contributed by atoms with Crippen molar-refractivity contribution >= 4 is 17.6 Å². The molecule has 0 aliphatic carbocycles. The van der Waals surface area contributed by atoms with Gasteiger partial charge >= 0.3 is 0 Å². The first kappa shape index (κ1) is 22.1. The van der Waals surface area contributed by atoms with Gasteiger partial charge in [-0.3, -0.25) is 14.6 Å². The predicted molar refractivity (Wildman–Crippen MR) is 124 cm³/mol. The van der Waals surface area contributed by atoms with E-state index in [0.29, 0.717) is 36.8 Å². The van der Waals surface area contributed by atoms with Crippen molar-refractivity contribution in [3.05, 3.63) is 53.1 Å². The van der Waals surface area contributed by atoms with Crippen LogP contribution in [0.4, 0.5) is 5.82 Å². The standard InChI is InChI=1S/C24H27N7O3/c1-15(32)11-22(33)30-10-8-16-13-25-19(12-17(16)14-30)24(34)27-20-6-4-5-18(26-20)23-29-28-21-7-2-3-9-31(21)23/h4-6,12-13,15,32H,2-3,7-11,14H2,1H3,(H,26,27,34)/t15-/m0/s1. The van der Waals surface area contributed by atoms with Crippen LogP contribution in [-0.4, -0.2) is 59.2 Å². The molecule has 34 heavy (non-hydrogen) atoms. The van der Waals surface area contributed by atoms with E-state index in [-0.39, 0.29) is 23.9 Å². The number of fused-ring (bicyclic) bond motifs is 2. The number of pyridine rings is 2. The number of amides is 2. The highest BCUT2D eigenvalue weighted by Gasteiger charge is 2.23. The number of nitrogens with one attached hydrogen (secondary N) is 1. The monoisotopic (exact) mass is 461 g/mol. The first-order chi connectivity index (χ1) is 16.5. The molecule has 0 fully saturated rings. The minimum absolute atomic E-state index is 0.0883. The molecule has 176 valence electrons. The maximum absolute atomic E-state index is 12.9. The number of hydrogen-bond donors (Lipinski definition) is 2. The van der Waals surface area contributed by atoms with Crippen molar-refractivity contribution in [1.29, 1.82) is 0 Å². The van der Waals surface area contributed by atoms with E-state index in [1.807, 2.05) is 12.1 Å². The molecular weight excluding hydrogens is 434 g/mol. The smallest absolute Gasteiger partial charge is 0.275 e. The normalized spacial score (nSPS) is 15.9. The third-order valence-corrected chi connectivity index (χ3v) is 6.23. The van der Waals surface area contributed by atoms with Gasteiger partial charge in [0.15, 0.2) is 5.82 Å². The quantitative estimate of drug-likeness (QED) is 0.595. The first-order valence-corrected chi connectivity index (χ1v) is 11.6. The van der Waals surface area contributed by atoms with Gasteiger partial charge in [0.05, 0.1) is 12.5 Å². The molecule has 0 unspecified atom stereocenters. The molecule has 2 aliphatic rings. The van der Waals surface area contributed by atoms with Crippen molar-refractivity contribution in [2.75, 3.05) is 11.9 Å². The van der Waals surface area contributed by atoms with Gasteiger partial charge in [-0.25, -0.2) is 4.98 Å². The van der Waals surface area contributed by atoms with E-state index < -0.39 is 6.10 Å². The molecule has 5 heterocycles. The first-order valence-electron chi connectivity index (χ1n) is 11.6. The Labute approximate surface area is 197 Å². The fraction of sp³-hybridized carbons (Fsp3) is 0.417. The molecule has 0 aromatic carbocycles. The van der Waals surface area contributed by atoms with Crippen molar-refractivity contribution in [3.8, 4) is 11.5 Å². The highest BCUT2D eigenvalue weighted by molar-refractivity contribution is 6.02. The Kier molecular flexibility index (Phi) is 6.06. The lowest BCUT2D eigenvalue weighted by Gasteiger charge is -2.29. The van der Waals surface area contributed by atoms with Crippen molar-refractivity contribution in [1.82, 2.24) is 29.6 Å². The molecule has 3 aromatic heterocycles. The highest BCUT2D eigenvalue weighted by Crippen LogP contribution is 2.23. The Morgan fingerprint density at radius 1 is 1.15 bits per heavy atom. The van der Waals surface area contributed by atoms with E-state index in [2.05, 4.69) is 30.0 Å². The molecule has 10 nitrogen and oxygen atoms in total. The minimum atomic E-state index is -0.681. The summed E-state index contributed by atoms with van der Waals surface area (Å²) in [7, 11) is 0. The highest BCUT2D eigenvalue weighted by atomic mass is 16.3. The molecule has 2 amide bonds. The van der Waals surface area contributed by atoms with Crippen LogP contribution in [0.1, 0.15) is 53.6 Å². The average molecular weight is 462 g/mol.